The van der Waals surface area contributed by atoms with Crippen molar-refractivity contribution in [3.63, 3.8) is 0 Å². The maximum atomic E-state index is 11.9. The van der Waals surface area contributed by atoms with Crippen LogP contribution in [0.2, 0.25) is 0 Å². The molecular weight excluding hydrogens is 194 g/mol. The lowest BCUT2D eigenvalue weighted by Gasteiger charge is -2.20. The molecule has 1 aromatic carbocycles. The number of phenols is 1. The first kappa shape index (κ1) is 9.83. The number of ether oxygens (including phenoxy) is 1. The quantitative estimate of drug-likeness (QED) is 0.696. The monoisotopic (exact) mass is 207 g/mol. The van der Waals surface area contributed by atoms with Crippen molar-refractivity contribution >= 4 is 5.91 Å². The van der Waals surface area contributed by atoms with E-state index in [1.807, 2.05) is 6.92 Å². The molecule has 1 aromatic rings. The smallest absolute Gasteiger partial charge is 0.257 e. The molecule has 1 heterocycles. The van der Waals surface area contributed by atoms with Crippen LogP contribution in [0, 0.1) is 0 Å². The second kappa shape index (κ2) is 3.46. The number of rotatable bonds is 0. The van der Waals surface area contributed by atoms with Crippen molar-refractivity contribution in [2.45, 2.75) is 13.0 Å². The normalized spacial score (nSPS) is 20.5. The minimum atomic E-state index is -0.120. The number of hydrogen-bond acceptors (Lipinski definition) is 3. The van der Waals surface area contributed by atoms with Gasteiger partial charge in [-0.3, -0.25) is 4.79 Å². The SMILES string of the molecule is CC1COc2c(O)cccc2C(=O)N1C. The van der Waals surface area contributed by atoms with Crippen molar-refractivity contribution in [3.8, 4) is 11.5 Å². The van der Waals surface area contributed by atoms with Crippen LogP contribution in [0.5, 0.6) is 11.5 Å². The van der Waals surface area contributed by atoms with Crippen LogP contribution in [0.15, 0.2) is 18.2 Å². The summed E-state index contributed by atoms with van der Waals surface area (Å²) in [5.41, 5.74) is 0.418. The molecule has 4 heteroatoms. The minimum absolute atomic E-state index is 0.00398. The van der Waals surface area contributed by atoms with Gasteiger partial charge in [0.1, 0.15) is 6.61 Å². The van der Waals surface area contributed by atoms with E-state index in [9.17, 15) is 9.90 Å². The van der Waals surface area contributed by atoms with Crippen LogP contribution in [-0.4, -0.2) is 35.6 Å². The Labute approximate surface area is 88.1 Å². The largest absolute Gasteiger partial charge is 0.504 e. The van der Waals surface area contributed by atoms with E-state index < -0.39 is 0 Å². The van der Waals surface area contributed by atoms with Crippen LogP contribution in [0.1, 0.15) is 17.3 Å². The van der Waals surface area contributed by atoms with Crippen LogP contribution in [0.3, 0.4) is 0 Å². The van der Waals surface area contributed by atoms with Crippen molar-refractivity contribution < 1.29 is 14.6 Å². The van der Waals surface area contributed by atoms with E-state index in [4.69, 9.17) is 4.74 Å². The topological polar surface area (TPSA) is 49.8 Å². The fourth-order valence-corrected chi connectivity index (χ4v) is 1.55. The van der Waals surface area contributed by atoms with Gasteiger partial charge in [0, 0.05) is 7.05 Å². The van der Waals surface area contributed by atoms with Crippen LogP contribution < -0.4 is 4.74 Å². The summed E-state index contributed by atoms with van der Waals surface area (Å²) in [4.78, 5) is 13.6. The molecule has 1 unspecified atom stereocenters. The van der Waals surface area contributed by atoms with Gasteiger partial charge in [-0.1, -0.05) is 6.07 Å². The summed E-state index contributed by atoms with van der Waals surface area (Å²) in [7, 11) is 1.73. The zero-order valence-corrected chi connectivity index (χ0v) is 8.73. The molecule has 0 spiro atoms. The Morgan fingerprint density at radius 3 is 3.00 bits per heavy atom. The van der Waals surface area contributed by atoms with Crippen LogP contribution in [-0.2, 0) is 0 Å². The van der Waals surface area contributed by atoms with E-state index in [0.29, 0.717) is 17.9 Å². The van der Waals surface area contributed by atoms with Crippen LogP contribution in [0.25, 0.3) is 0 Å². The number of likely N-dealkylation sites (N-methyl/N-ethyl adjacent to an activating group) is 1. The molecule has 1 N–H and O–H groups in total. The molecule has 1 aliphatic rings. The summed E-state index contributed by atoms with van der Waals surface area (Å²) in [6.45, 7) is 2.30. The number of hydrogen-bond donors (Lipinski definition) is 1. The molecule has 1 atom stereocenters. The number of para-hydroxylation sites is 1. The van der Waals surface area contributed by atoms with Gasteiger partial charge in [-0.2, -0.15) is 0 Å². The summed E-state index contributed by atoms with van der Waals surface area (Å²) in [6, 6.07) is 4.82. The Balaban J connectivity index is 2.52. The van der Waals surface area contributed by atoms with E-state index in [1.165, 1.54) is 6.07 Å². The predicted molar refractivity (Wildman–Crippen MR) is 55.2 cm³/mol. The van der Waals surface area contributed by atoms with E-state index in [1.54, 1.807) is 24.1 Å². The second-order valence-electron chi connectivity index (χ2n) is 3.73. The summed E-state index contributed by atoms with van der Waals surface area (Å²) >= 11 is 0. The fraction of sp³-hybridized carbons (Fsp3) is 0.364. The first-order valence-corrected chi connectivity index (χ1v) is 4.83. The summed E-state index contributed by atoms with van der Waals surface area (Å²) in [5.74, 6) is 0.188. The molecule has 0 fully saturated rings. The van der Waals surface area contributed by atoms with Crippen LogP contribution >= 0.6 is 0 Å². The highest BCUT2D eigenvalue weighted by Crippen LogP contribution is 2.32. The first-order valence-electron chi connectivity index (χ1n) is 4.83. The third kappa shape index (κ3) is 1.52. The average molecular weight is 207 g/mol. The molecule has 0 saturated heterocycles. The van der Waals surface area contributed by atoms with Crippen molar-refractivity contribution in [3.05, 3.63) is 23.8 Å². The number of fused-ring (bicyclic) bond motifs is 1. The zero-order valence-electron chi connectivity index (χ0n) is 8.73. The van der Waals surface area contributed by atoms with Gasteiger partial charge in [0.2, 0.25) is 0 Å². The maximum absolute atomic E-state index is 11.9. The van der Waals surface area contributed by atoms with Gasteiger partial charge < -0.3 is 14.7 Å². The molecule has 1 aliphatic heterocycles. The standard InChI is InChI=1S/C11H13NO3/c1-7-6-15-10-8(11(14)12(7)2)4-3-5-9(10)13/h3-5,7,13H,6H2,1-2H3. The predicted octanol–water partition coefficient (Wildman–Crippen LogP) is 1.25. The minimum Gasteiger partial charge on any atom is -0.504 e. The average Bonchev–Trinajstić information content (AvgIpc) is 2.33. The number of carbonyl (C=O) groups excluding carboxylic acids is 1. The molecule has 80 valence electrons. The lowest BCUT2D eigenvalue weighted by molar-refractivity contribution is 0.0732. The Morgan fingerprint density at radius 1 is 1.53 bits per heavy atom. The Bertz CT molecular complexity index is 403. The summed E-state index contributed by atoms with van der Waals surface area (Å²) < 4.78 is 5.42. The molecule has 2 rings (SSSR count). The molecule has 15 heavy (non-hydrogen) atoms. The van der Waals surface area contributed by atoms with Crippen molar-refractivity contribution in [1.82, 2.24) is 4.90 Å². The molecule has 0 saturated carbocycles. The summed E-state index contributed by atoms with van der Waals surface area (Å²) in [6.07, 6.45) is 0. The first-order chi connectivity index (χ1) is 7.11. The maximum Gasteiger partial charge on any atom is 0.257 e. The van der Waals surface area contributed by atoms with Crippen molar-refractivity contribution in [2.75, 3.05) is 13.7 Å². The highest BCUT2D eigenvalue weighted by Gasteiger charge is 2.26. The van der Waals surface area contributed by atoms with Crippen molar-refractivity contribution in [1.29, 1.82) is 0 Å². The van der Waals surface area contributed by atoms with Gasteiger partial charge in [0.25, 0.3) is 5.91 Å². The molecule has 0 aromatic heterocycles. The molecule has 0 radical (unpaired) electrons. The summed E-state index contributed by atoms with van der Waals surface area (Å²) in [5, 5.41) is 9.58. The lowest BCUT2D eigenvalue weighted by atomic mass is 10.1. The number of nitrogens with zero attached hydrogens (tertiary/aromatic N) is 1. The third-order valence-corrected chi connectivity index (χ3v) is 2.68. The van der Waals surface area contributed by atoms with E-state index in [2.05, 4.69) is 0 Å². The van der Waals surface area contributed by atoms with Crippen molar-refractivity contribution in [2.24, 2.45) is 0 Å². The number of carbonyl (C=O) groups is 1. The fourth-order valence-electron chi connectivity index (χ4n) is 1.55. The number of aromatic hydroxyl groups is 1. The second-order valence-corrected chi connectivity index (χ2v) is 3.73. The Kier molecular flexibility index (Phi) is 2.26. The number of phenolic OH excluding ortho intramolecular Hbond substituents is 1. The number of amides is 1. The Hall–Kier alpha value is -1.71. The Morgan fingerprint density at radius 2 is 2.27 bits per heavy atom. The van der Waals surface area contributed by atoms with E-state index >= 15 is 0 Å². The third-order valence-electron chi connectivity index (χ3n) is 2.68. The molecule has 0 bridgehead atoms. The highest BCUT2D eigenvalue weighted by molar-refractivity contribution is 5.98. The van der Waals surface area contributed by atoms with Gasteiger partial charge in [-0.25, -0.2) is 0 Å². The molecule has 4 nitrogen and oxygen atoms in total. The molecular formula is C11H13NO3. The lowest BCUT2D eigenvalue weighted by Crippen LogP contribution is -2.36. The van der Waals surface area contributed by atoms with E-state index in [-0.39, 0.29) is 17.7 Å². The zero-order chi connectivity index (χ0) is 11.0. The van der Waals surface area contributed by atoms with E-state index in [0.717, 1.165) is 0 Å². The van der Waals surface area contributed by atoms with Gasteiger partial charge in [0.05, 0.1) is 11.6 Å². The molecule has 1 amide bonds. The van der Waals surface area contributed by atoms with Crippen LogP contribution in [0.4, 0.5) is 0 Å². The number of benzene rings is 1. The van der Waals surface area contributed by atoms with Gasteiger partial charge >= 0.3 is 0 Å². The highest BCUT2D eigenvalue weighted by atomic mass is 16.5. The van der Waals surface area contributed by atoms with Gasteiger partial charge in [-0.15, -0.1) is 0 Å². The molecule has 0 aliphatic carbocycles. The van der Waals surface area contributed by atoms with Gasteiger partial charge in [0.15, 0.2) is 11.5 Å². The van der Waals surface area contributed by atoms with Gasteiger partial charge in [-0.05, 0) is 19.1 Å².